The van der Waals surface area contributed by atoms with E-state index in [4.69, 9.17) is 18.8 Å². The summed E-state index contributed by atoms with van der Waals surface area (Å²) in [5.74, 6) is 0.686. The van der Waals surface area contributed by atoms with Crippen molar-refractivity contribution < 1.29 is 8.83 Å². The fourth-order valence-electron chi connectivity index (χ4n) is 20.7. The molecule has 6 heterocycles. The second-order valence-corrected chi connectivity index (χ2v) is 33.0. The lowest BCUT2D eigenvalue weighted by Crippen LogP contribution is -2.06. The van der Waals surface area contributed by atoms with Crippen LogP contribution in [-0.2, 0) is 38.5 Å². The molecule has 3 aliphatic rings. The van der Waals surface area contributed by atoms with E-state index in [1.165, 1.54) is 153 Å². The first-order valence-electron chi connectivity index (χ1n) is 42.9. The third-order valence-corrected chi connectivity index (χ3v) is 26.3. The van der Waals surface area contributed by atoms with Gasteiger partial charge in [-0.2, -0.15) is 0 Å². The molecule has 0 fully saturated rings. The number of hydrogen-bond acceptors (Lipinski definition) is 4. The highest BCUT2D eigenvalue weighted by atomic mass is 16.3. The summed E-state index contributed by atoms with van der Waals surface area (Å²) in [5, 5.41) is 14.9. The molecule has 0 bridgehead atoms. The first-order chi connectivity index (χ1) is 61.0. The van der Waals surface area contributed by atoms with Crippen molar-refractivity contribution in [3.8, 4) is 95.5 Å². The van der Waals surface area contributed by atoms with Gasteiger partial charge in [-0.3, -0.25) is 4.57 Å². The van der Waals surface area contributed by atoms with Crippen molar-refractivity contribution in [1.29, 1.82) is 0 Å². The molecule has 18 aromatic carbocycles. The minimum atomic E-state index is 0.686. The number of furan rings is 2. The van der Waals surface area contributed by atoms with Crippen LogP contribution < -0.4 is 0 Å². The molecule has 0 N–H and O–H groups in total. The highest BCUT2D eigenvalue weighted by molar-refractivity contribution is 6.21. The van der Waals surface area contributed by atoms with Crippen molar-refractivity contribution in [2.24, 2.45) is 0 Å². The van der Waals surface area contributed by atoms with Gasteiger partial charge in [-0.15, -0.1) is 0 Å². The second kappa shape index (κ2) is 28.5. The minimum absolute atomic E-state index is 0.686. The summed E-state index contributed by atoms with van der Waals surface area (Å²) < 4.78 is 20.3. The summed E-state index contributed by atoms with van der Waals surface area (Å²) in [4.78, 5) is 10.4. The maximum absolute atomic E-state index is 6.68. The predicted molar refractivity (Wildman–Crippen MR) is 510 cm³/mol. The molecule has 123 heavy (non-hydrogen) atoms. The Bertz CT molecular complexity index is 8320. The Balaban J connectivity index is 0.000000102. The van der Waals surface area contributed by atoms with Gasteiger partial charge in [0.25, 0.3) is 0 Å². The molecule has 0 saturated carbocycles. The van der Waals surface area contributed by atoms with Crippen molar-refractivity contribution in [3.63, 3.8) is 0 Å². The number of hydrogen-bond donors (Lipinski definition) is 0. The molecule has 0 amide bonds. The van der Waals surface area contributed by atoms with Crippen LogP contribution in [0.4, 0.5) is 0 Å². The first kappa shape index (κ1) is 70.3. The molecule has 0 saturated heterocycles. The van der Waals surface area contributed by atoms with Gasteiger partial charge in [0, 0.05) is 92.9 Å². The Kier molecular flexibility index (Phi) is 16.3. The zero-order valence-electron chi connectivity index (χ0n) is 67.3. The average molecular weight is 1570 g/mol. The van der Waals surface area contributed by atoms with E-state index in [9.17, 15) is 0 Å². The van der Waals surface area contributed by atoms with E-state index >= 15 is 0 Å². The van der Waals surface area contributed by atoms with Crippen LogP contribution in [0.2, 0.25) is 0 Å². The number of fused-ring (bicyclic) bond motifs is 28. The smallest absolute Gasteiger partial charge is 0.235 e. The lowest BCUT2D eigenvalue weighted by atomic mass is 9.83. The Labute approximate surface area is 709 Å². The summed E-state index contributed by atoms with van der Waals surface area (Å²) in [7, 11) is 0. The number of aryl methyl sites for hydroxylation is 6. The summed E-state index contributed by atoms with van der Waals surface area (Å²) in [6.45, 7) is 0. The molecule has 7 nitrogen and oxygen atoms in total. The molecule has 27 rings (SSSR count). The normalized spacial score (nSPS) is 12.7. The van der Waals surface area contributed by atoms with E-state index in [0.717, 1.165) is 128 Å². The molecular formula is C116H77N5O2. The lowest BCUT2D eigenvalue weighted by Gasteiger charge is -2.20. The quantitative estimate of drug-likeness (QED) is 0.159. The lowest BCUT2D eigenvalue weighted by molar-refractivity contribution is 0.669. The number of aromatic nitrogens is 5. The van der Waals surface area contributed by atoms with Crippen LogP contribution >= 0.6 is 0 Å². The van der Waals surface area contributed by atoms with Gasteiger partial charge in [0.2, 0.25) is 5.95 Å². The molecule has 24 aromatic rings. The molecule has 0 atom stereocenters. The van der Waals surface area contributed by atoms with Crippen molar-refractivity contribution in [2.45, 2.75) is 38.5 Å². The van der Waals surface area contributed by atoms with Gasteiger partial charge in [-0.05, 0) is 201 Å². The Morgan fingerprint density at radius 2 is 0.618 bits per heavy atom. The van der Waals surface area contributed by atoms with Crippen molar-refractivity contribution in [2.75, 3.05) is 0 Å². The summed E-state index contributed by atoms with van der Waals surface area (Å²) in [6, 6.07) is 142. The minimum Gasteiger partial charge on any atom is -0.455 e. The van der Waals surface area contributed by atoms with E-state index in [0.29, 0.717) is 5.95 Å². The molecule has 0 unspecified atom stereocenters. The van der Waals surface area contributed by atoms with Gasteiger partial charge in [-0.25, -0.2) is 9.97 Å². The van der Waals surface area contributed by atoms with Gasteiger partial charge >= 0.3 is 0 Å². The van der Waals surface area contributed by atoms with Crippen LogP contribution in [0.25, 0.3) is 216 Å². The van der Waals surface area contributed by atoms with Crippen molar-refractivity contribution >= 4 is 120 Å². The molecule has 3 aliphatic carbocycles. The highest BCUT2D eigenvalue weighted by Gasteiger charge is 2.28. The Morgan fingerprint density at radius 1 is 0.220 bits per heavy atom. The van der Waals surface area contributed by atoms with Crippen LogP contribution in [0.5, 0.6) is 0 Å². The average Bonchev–Trinajstić information content (AvgIpc) is 1.60. The second-order valence-electron chi connectivity index (χ2n) is 33.0. The third-order valence-electron chi connectivity index (χ3n) is 26.3. The van der Waals surface area contributed by atoms with Crippen LogP contribution in [0, 0.1) is 0 Å². The Hall–Kier alpha value is -15.7. The van der Waals surface area contributed by atoms with E-state index in [2.05, 4.69) is 396 Å². The molecule has 0 aliphatic heterocycles. The molecular weight excluding hydrogens is 1500 g/mol. The fourth-order valence-corrected chi connectivity index (χ4v) is 20.7. The van der Waals surface area contributed by atoms with Gasteiger partial charge < -0.3 is 18.0 Å². The maximum atomic E-state index is 6.68. The van der Waals surface area contributed by atoms with Gasteiger partial charge in [0.05, 0.1) is 44.5 Å². The standard InChI is InChI=1S/C42H27NO.C38H25NO.C36H25N3/c1-3-10-31-26(8-1)16-17-29-21-25-38-40(39(29)31)36-14-7-13-33(42(36)44-38)28-18-22-30(23-19-28)43-37-15-6-5-12-34(37)35-24-20-27-9-2-4-11-32(27)41(35)43;1-2-9-28-24(8-1)16-17-26-20-23-35-37(36(26)28)32-13-7-12-29(38(32)40-35)25-18-21-27(22-19-25)39-33-14-5-3-10-30(33)31-11-4-6-15-34(31)39;1-3-12-25(13-4-1)32-23-33(26-14-5-2-6-15-26)38-36(37-32)39-34-18-10-9-17-29(34)31-21-27-20-19-24-11-7-8-16-28(24)30(27)22-35(31)39/h1-15,18-25H,16-17H2;1-15,18-23H,16-17H2;1-18,21-23H,19-20H2. The predicted octanol–water partition coefficient (Wildman–Crippen LogP) is 30.1. The van der Waals surface area contributed by atoms with Gasteiger partial charge in [0.15, 0.2) is 0 Å². The van der Waals surface area contributed by atoms with Crippen LogP contribution in [-0.4, -0.2) is 23.7 Å². The summed E-state index contributed by atoms with van der Waals surface area (Å²) in [5.41, 5.74) is 38.3. The number of nitrogens with zero attached hydrogens (tertiary/aromatic N) is 5. The Morgan fingerprint density at radius 3 is 1.15 bits per heavy atom. The molecule has 6 aromatic heterocycles. The highest BCUT2D eigenvalue weighted by Crippen LogP contribution is 2.50. The zero-order valence-corrected chi connectivity index (χ0v) is 67.3. The first-order valence-corrected chi connectivity index (χ1v) is 42.9. The molecule has 0 spiro atoms. The van der Waals surface area contributed by atoms with E-state index in [1.807, 2.05) is 12.1 Å². The summed E-state index contributed by atoms with van der Waals surface area (Å²) >= 11 is 0. The number of benzene rings is 18. The summed E-state index contributed by atoms with van der Waals surface area (Å²) in [6.07, 6.45) is 6.45. The van der Waals surface area contributed by atoms with Crippen LogP contribution in [0.15, 0.2) is 403 Å². The topological polar surface area (TPSA) is 66.8 Å². The fraction of sp³-hybridized carbons (Fsp3) is 0.0517. The number of rotatable bonds is 7. The van der Waals surface area contributed by atoms with E-state index < -0.39 is 0 Å². The largest absolute Gasteiger partial charge is 0.455 e. The van der Waals surface area contributed by atoms with Crippen molar-refractivity contribution in [1.82, 2.24) is 23.7 Å². The number of para-hydroxylation sites is 6. The molecule has 0 radical (unpaired) electrons. The SMILES string of the molecule is c1ccc(-c2cc(-c3ccccc3)nc(-n3c4ccccc4c4cc5c(cc43)-c3ccccc3CC5)n2)cc1.c1ccc2c(c1)CCc1ccc3oc4c(-c5ccc(-n6c7ccccc7c7ccc8ccccc8c76)cc5)cccc4c3c1-2.c1ccc2c(c1)CCc1ccc3oc4c(-c5ccc(-n6c7ccccc7c7ccccc76)cc5)cccc4c3c1-2. The molecule has 578 valence electrons. The monoisotopic (exact) mass is 1570 g/mol. The van der Waals surface area contributed by atoms with E-state index in [1.54, 1.807) is 0 Å². The third kappa shape index (κ3) is 11.4. The molecule has 7 heteroatoms. The van der Waals surface area contributed by atoms with Gasteiger partial charge in [0.1, 0.15) is 22.3 Å². The van der Waals surface area contributed by atoms with Crippen LogP contribution in [0.1, 0.15) is 33.4 Å². The van der Waals surface area contributed by atoms with E-state index in [-0.39, 0.29) is 0 Å². The maximum Gasteiger partial charge on any atom is 0.235 e. The van der Waals surface area contributed by atoms with Crippen LogP contribution in [0.3, 0.4) is 0 Å². The zero-order chi connectivity index (χ0) is 80.7. The van der Waals surface area contributed by atoms with Gasteiger partial charge in [-0.1, -0.05) is 315 Å². The van der Waals surface area contributed by atoms with Crippen molar-refractivity contribution in [3.05, 3.63) is 428 Å².